The molecule has 0 radical (unpaired) electrons. The zero-order valence-corrected chi connectivity index (χ0v) is 74.1. The summed E-state index contributed by atoms with van der Waals surface area (Å²) in [5.41, 5.74) is 37.8. The van der Waals surface area contributed by atoms with E-state index in [0.29, 0.717) is 135 Å². The molecule has 0 saturated heterocycles. The molecule has 0 saturated carbocycles. The van der Waals surface area contributed by atoms with E-state index in [2.05, 4.69) is 101 Å². The molecule has 0 aliphatic carbocycles. The minimum atomic E-state index is -0.829. The highest BCUT2D eigenvalue weighted by atomic mass is 35.5. The van der Waals surface area contributed by atoms with Crippen molar-refractivity contribution in [2.24, 2.45) is 0 Å². The molecule has 0 aliphatic heterocycles. The fourth-order valence-corrected chi connectivity index (χ4v) is 16.1. The Hall–Kier alpha value is -16.4. The summed E-state index contributed by atoms with van der Waals surface area (Å²) < 4.78 is 84.3. The van der Waals surface area contributed by atoms with Gasteiger partial charge >= 0.3 is 0 Å². The molecule has 0 fully saturated rings. The number of anilines is 5. The average Bonchev–Trinajstić information content (AvgIpc) is 1.78. The minimum Gasteiger partial charge on any atom is -0.381 e. The Morgan fingerprint density at radius 1 is 0.237 bits per heavy atom. The van der Waals surface area contributed by atoms with E-state index >= 15 is 0 Å². The van der Waals surface area contributed by atoms with Crippen LogP contribution in [0.5, 0.6) is 0 Å². The summed E-state index contributed by atoms with van der Waals surface area (Å²) in [5, 5.41) is 86.7. The number of nitrogen functional groups attached to an aromatic ring is 5. The summed E-state index contributed by atoms with van der Waals surface area (Å²) in [4.78, 5) is 42.6. The van der Waals surface area contributed by atoms with Crippen molar-refractivity contribution in [2.45, 2.75) is 0 Å². The second-order valence-corrected chi connectivity index (χ2v) is 32.2. The van der Waals surface area contributed by atoms with Crippen molar-refractivity contribution in [3.05, 3.63) is 291 Å². The molecule has 45 heteroatoms. The molecule has 0 amide bonds. The van der Waals surface area contributed by atoms with Gasteiger partial charge < -0.3 is 28.7 Å². The predicted octanol–water partition coefficient (Wildman–Crippen LogP) is 22.4. The maximum absolute atomic E-state index is 14.5. The summed E-state index contributed by atoms with van der Waals surface area (Å²) in [6.45, 7) is 0. The number of halogens is 15. The van der Waals surface area contributed by atoms with Crippen LogP contribution in [0, 0.1) is 91.6 Å². The van der Waals surface area contributed by atoms with Crippen LogP contribution in [-0.2, 0) is 0 Å². The smallest absolute Gasteiger partial charge is 0.183 e. The molecule has 0 unspecified atom stereocenters. The first kappa shape index (κ1) is 91.9. The maximum Gasteiger partial charge on any atom is 0.183 e. The van der Waals surface area contributed by atoms with Crippen molar-refractivity contribution in [3.63, 3.8) is 0 Å². The van der Waals surface area contributed by atoms with Gasteiger partial charge in [0.15, 0.2) is 57.6 Å². The number of nitrogens with zero attached hydrogens (tertiary/aromatic N) is 20. The van der Waals surface area contributed by atoms with Gasteiger partial charge in [0.25, 0.3) is 0 Å². The largest absolute Gasteiger partial charge is 0.381 e. The zero-order chi connectivity index (χ0) is 95.6. The van der Waals surface area contributed by atoms with Gasteiger partial charge in [0.1, 0.15) is 76.6 Å². The Morgan fingerprint density at radius 2 is 0.489 bits per heavy atom. The Labute approximate surface area is 798 Å². The van der Waals surface area contributed by atoms with E-state index in [0.717, 1.165) is 46.5 Å². The number of hydrogen-bond donors (Lipinski definition) is 10. The highest BCUT2D eigenvalue weighted by Crippen LogP contribution is 2.45. The average molecular weight is 1980 g/mol. The highest BCUT2D eigenvalue weighted by molar-refractivity contribution is 6.38. The third kappa shape index (κ3) is 18.9. The third-order valence-corrected chi connectivity index (χ3v) is 22.4. The van der Waals surface area contributed by atoms with Gasteiger partial charge in [0, 0.05) is 87.6 Å². The molecule has 0 atom stereocenters. The molecule has 0 aliphatic rings. The van der Waals surface area contributed by atoms with Crippen LogP contribution in [0.15, 0.2) is 183 Å². The number of H-pyrrole nitrogens is 5. The molecular weight excluding hydrogens is 1930 g/mol. The first-order valence-electron chi connectivity index (χ1n) is 38.2. The molecule has 0 spiro atoms. The fraction of sp³-hybridized carbons (Fsp3) is 0. The van der Waals surface area contributed by atoms with E-state index < -0.39 is 34.9 Å². The second kappa shape index (κ2) is 38.6. The lowest BCUT2D eigenvalue weighted by Gasteiger charge is -2.13. The minimum absolute atomic E-state index is 0.0165. The molecule has 10 aromatic heterocycles. The highest BCUT2D eigenvalue weighted by Gasteiger charge is 2.28. The van der Waals surface area contributed by atoms with Gasteiger partial charge in [-0.2, -0.15) is 51.8 Å². The van der Waals surface area contributed by atoms with Crippen LogP contribution in [0.3, 0.4) is 0 Å². The normalized spacial score (nSPS) is 10.9. The van der Waals surface area contributed by atoms with Gasteiger partial charge in [-0.05, 0) is 133 Å². The van der Waals surface area contributed by atoms with E-state index in [9.17, 15) is 52.7 Å². The molecule has 135 heavy (non-hydrogen) atoms. The SMILES string of the molecule is N#Cc1nc(-c2cc(Cl)c3[nH]ncc3c2)c(-c2c(F)cccc2Cl)nc1N.N#Cc1nc(-c2cc(Cl)c3[nH]ncc3c2)c(-c2c(F)cccc2F)nc1N.N#Cc1nc(-c2cc(Cl)c3[nH]ncc3c2)c(-c2cc(Cl)cc(Cl)c2)nc1N.N#Cc1nc(-c2cc(Cl)c3[nH]ncc3c2)c(-c2cc(F)cc(F)c2)nc1N.N#Cc1nc(-c2cc(Cl)c3[nH]ncc3c2)c(-c2ccc(F)c(Cl)c2)nc1N. The Kier molecular flexibility index (Phi) is 26.2. The summed E-state index contributed by atoms with van der Waals surface area (Å²) >= 11 is 55.9. The third-order valence-electron chi connectivity index (χ3n) is 19.9. The molecule has 15 N–H and O–H groups in total. The second-order valence-electron chi connectivity index (χ2n) is 28.4. The van der Waals surface area contributed by atoms with Crippen LogP contribution in [0.4, 0.5) is 55.4 Å². The van der Waals surface area contributed by atoms with Gasteiger partial charge in [-0.3, -0.25) is 25.5 Å². The first-order chi connectivity index (χ1) is 64.9. The maximum atomic E-state index is 14.5. The lowest BCUT2D eigenvalue weighted by Crippen LogP contribution is -2.05. The van der Waals surface area contributed by atoms with Crippen molar-refractivity contribution >= 4 is 188 Å². The quantitative estimate of drug-likeness (QED) is 0.0568. The summed E-state index contributed by atoms with van der Waals surface area (Å²) in [6, 6.07) is 46.3. The topological polar surface area (TPSA) is 521 Å². The number of nitrogens with one attached hydrogen (secondary N) is 5. The van der Waals surface area contributed by atoms with Crippen LogP contribution in [0.1, 0.15) is 28.5 Å². The first-order valence-corrected chi connectivity index (χ1v) is 41.6. The number of fused-ring (bicyclic) bond motifs is 5. The van der Waals surface area contributed by atoms with Crippen LogP contribution in [0.25, 0.3) is 167 Å². The van der Waals surface area contributed by atoms with Crippen LogP contribution in [-0.4, -0.2) is 101 Å². The van der Waals surface area contributed by atoms with Gasteiger partial charge in [0.2, 0.25) is 0 Å². The standard InChI is InChI=1S/C18H9Cl3N6.2C18H9Cl2FN6.2C18H9ClF2N6/c19-11-2-9(3-12(20)5-11)17-16(25-14(6-22)18(23)26-17)8-1-10-7-24-27-15(10)13(21)4-8;19-11-4-8(1-2-13(11)21)16-17(25-14(6-22)18(23)26-16)9-3-10-7-24-27-15(10)12(20)5-9;19-10-2-1-3-12(21)14(10)17-16(25-13(6-22)18(23)26-17)8-4-9-7-24-27-15(9)11(20)5-8;19-13-4-8(1-10-7-24-27-15(10)13)16-17(26-18(23)14(6-22)25-16)9-2-11(20)5-12(21)3-9;19-10-5-8(4-9-7-24-27-15(9)10)16-17(26-18(23)13(6-22)25-16)14-11(20)2-1-3-12(14)21/h5*1-5,7H,(H2,23,26)(H,24,27). The number of rotatable bonds is 10. The lowest BCUT2D eigenvalue weighted by atomic mass is 10.0. The molecule has 20 rings (SSSR count). The van der Waals surface area contributed by atoms with Crippen molar-refractivity contribution in [2.75, 3.05) is 28.7 Å². The lowest BCUT2D eigenvalue weighted by molar-refractivity contribution is 0.584. The number of aromatic amines is 5. The molecule has 30 nitrogen and oxygen atoms in total. The number of benzene rings is 10. The van der Waals surface area contributed by atoms with Crippen LogP contribution < -0.4 is 28.7 Å². The Balaban J connectivity index is 0.000000123. The number of aromatic nitrogens is 20. The molecule has 10 heterocycles. The molecular formula is C90H45Cl9F6N30. The number of hydrogen-bond acceptors (Lipinski definition) is 25. The van der Waals surface area contributed by atoms with Gasteiger partial charge in [-0.15, -0.1) is 0 Å². The van der Waals surface area contributed by atoms with E-state index in [1.54, 1.807) is 104 Å². The Morgan fingerprint density at radius 3 is 0.793 bits per heavy atom. The zero-order valence-electron chi connectivity index (χ0n) is 67.3. The van der Waals surface area contributed by atoms with Gasteiger partial charge in [0.05, 0.1) is 150 Å². The number of nitrogens with two attached hydrogens (primary N) is 5. The molecule has 660 valence electrons. The predicted molar refractivity (Wildman–Crippen MR) is 503 cm³/mol. The van der Waals surface area contributed by atoms with E-state index in [1.165, 1.54) is 42.5 Å². The van der Waals surface area contributed by atoms with Crippen LogP contribution in [0.2, 0.25) is 45.2 Å². The van der Waals surface area contributed by atoms with Crippen molar-refractivity contribution in [1.29, 1.82) is 26.3 Å². The van der Waals surface area contributed by atoms with Crippen molar-refractivity contribution < 1.29 is 26.3 Å². The summed E-state index contributed by atoms with van der Waals surface area (Å²) in [7, 11) is 0. The van der Waals surface area contributed by atoms with Crippen LogP contribution >= 0.6 is 104 Å². The van der Waals surface area contributed by atoms with E-state index in [1.807, 2.05) is 36.4 Å². The molecule has 10 aromatic carbocycles. The van der Waals surface area contributed by atoms with E-state index in [4.69, 9.17) is 133 Å². The number of nitriles is 5. The monoisotopic (exact) mass is 1970 g/mol. The van der Waals surface area contributed by atoms with E-state index in [-0.39, 0.29) is 118 Å². The summed E-state index contributed by atoms with van der Waals surface area (Å²) in [6.07, 6.45) is 7.98. The van der Waals surface area contributed by atoms with Crippen molar-refractivity contribution in [1.82, 2.24) is 101 Å². The fourth-order valence-electron chi connectivity index (χ4n) is 13.8. The van der Waals surface area contributed by atoms with Gasteiger partial charge in [-0.25, -0.2) is 76.2 Å². The molecule has 20 aromatic rings. The molecule has 0 bridgehead atoms. The van der Waals surface area contributed by atoms with Gasteiger partial charge in [-0.1, -0.05) is 117 Å². The Bertz CT molecular complexity index is 8020. The summed E-state index contributed by atoms with van der Waals surface area (Å²) in [5.74, 6) is -4.85. The van der Waals surface area contributed by atoms with Crippen molar-refractivity contribution in [3.8, 4) is 143 Å².